The van der Waals surface area contributed by atoms with Gasteiger partial charge in [-0.1, -0.05) is 0 Å². The largest absolute Gasteiger partial charge is 0.433 e. The SMILES string of the molecule is Cc1cc2cnc(Nc3ccc(-c4nncn4C)cc3OC(F)F)nc2c(NC2CCOCC2)n1. The summed E-state index contributed by atoms with van der Waals surface area (Å²) in [5, 5.41) is 15.2. The smallest absolute Gasteiger partial charge is 0.387 e. The molecule has 5 rings (SSSR count). The molecule has 10 nitrogen and oxygen atoms in total. The molecule has 1 saturated heterocycles. The van der Waals surface area contributed by atoms with Gasteiger partial charge in [-0.05, 0) is 44.0 Å². The highest BCUT2D eigenvalue weighted by atomic mass is 19.3. The van der Waals surface area contributed by atoms with Gasteiger partial charge in [-0.3, -0.25) is 0 Å². The molecular formula is C23H24F2N8O2. The Kier molecular flexibility index (Phi) is 6.36. The zero-order valence-electron chi connectivity index (χ0n) is 19.2. The van der Waals surface area contributed by atoms with Crippen molar-refractivity contribution in [3.63, 3.8) is 0 Å². The number of rotatable bonds is 7. The number of benzene rings is 1. The molecule has 182 valence electrons. The molecule has 0 spiro atoms. The third-order valence-corrected chi connectivity index (χ3v) is 5.67. The molecule has 0 saturated carbocycles. The number of aromatic nitrogens is 6. The minimum Gasteiger partial charge on any atom is -0.433 e. The zero-order valence-corrected chi connectivity index (χ0v) is 19.2. The number of fused-ring (bicyclic) bond motifs is 1. The lowest BCUT2D eigenvalue weighted by Gasteiger charge is -2.24. The van der Waals surface area contributed by atoms with Crippen molar-refractivity contribution in [3.05, 3.63) is 42.5 Å². The van der Waals surface area contributed by atoms with Crippen LogP contribution in [0.15, 0.2) is 36.8 Å². The zero-order chi connectivity index (χ0) is 24.4. The molecule has 1 fully saturated rings. The first-order chi connectivity index (χ1) is 17.0. The summed E-state index contributed by atoms with van der Waals surface area (Å²) in [6, 6.07) is 6.95. The second-order valence-corrected chi connectivity index (χ2v) is 8.25. The van der Waals surface area contributed by atoms with Crippen molar-refractivity contribution in [1.29, 1.82) is 0 Å². The van der Waals surface area contributed by atoms with Gasteiger partial charge in [-0.2, -0.15) is 8.78 Å². The first-order valence-electron chi connectivity index (χ1n) is 11.1. The highest BCUT2D eigenvalue weighted by Crippen LogP contribution is 2.33. The van der Waals surface area contributed by atoms with Gasteiger partial charge in [0.25, 0.3) is 0 Å². The van der Waals surface area contributed by atoms with Gasteiger partial charge in [-0.25, -0.2) is 15.0 Å². The minimum atomic E-state index is -3.01. The Hall–Kier alpha value is -3.93. The number of ether oxygens (including phenoxy) is 2. The summed E-state index contributed by atoms with van der Waals surface area (Å²) in [5.74, 6) is 1.33. The minimum absolute atomic E-state index is 0.0632. The van der Waals surface area contributed by atoms with Crippen LogP contribution in [0.4, 0.5) is 26.2 Å². The number of pyridine rings is 1. The fourth-order valence-corrected chi connectivity index (χ4v) is 3.99. The monoisotopic (exact) mass is 482 g/mol. The van der Waals surface area contributed by atoms with Gasteiger partial charge >= 0.3 is 6.61 Å². The van der Waals surface area contributed by atoms with E-state index in [1.54, 1.807) is 29.9 Å². The van der Waals surface area contributed by atoms with Crippen molar-refractivity contribution >= 4 is 28.4 Å². The van der Waals surface area contributed by atoms with Crippen molar-refractivity contribution < 1.29 is 18.3 Å². The van der Waals surface area contributed by atoms with Crippen LogP contribution >= 0.6 is 0 Å². The number of hydrogen-bond acceptors (Lipinski definition) is 9. The van der Waals surface area contributed by atoms with E-state index in [1.807, 2.05) is 13.0 Å². The van der Waals surface area contributed by atoms with E-state index in [0.29, 0.717) is 35.9 Å². The van der Waals surface area contributed by atoms with E-state index in [0.717, 1.165) is 23.9 Å². The summed E-state index contributed by atoms with van der Waals surface area (Å²) < 4.78 is 38.3. The molecule has 1 aliphatic rings. The Morgan fingerprint density at radius 2 is 2.00 bits per heavy atom. The predicted octanol–water partition coefficient (Wildman–Crippen LogP) is 4.06. The molecule has 0 radical (unpaired) electrons. The fraction of sp³-hybridized carbons (Fsp3) is 0.348. The number of hydrogen-bond donors (Lipinski definition) is 2. The number of anilines is 3. The molecule has 0 atom stereocenters. The lowest BCUT2D eigenvalue weighted by atomic mass is 10.1. The maximum Gasteiger partial charge on any atom is 0.387 e. The van der Waals surface area contributed by atoms with Gasteiger partial charge in [0.15, 0.2) is 11.6 Å². The molecule has 2 N–H and O–H groups in total. The standard InChI is InChI=1S/C23H24F2N8O2/c1-13-9-15-11-26-23(31-19(15)20(28-13)29-16-5-7-34-8-6-16)30-17-4-3-14(10-18(17)35-22(24)25)21-32-27-12-33(21)2/h3-4,9-12,16,22H,5-8H2,1-2H3,(H,28,29)(H,26,30,31). The molecule has 1 aliphatic heterocycles. The van der Waals surface area contributed by atoms with E-state index in [-0.39, 0.29) is 23.4 Å². The van der Waals surface area contributed by atoms with Crippen LogP contribution in [-0.2, 0) is 11.8 Å². The first kappa shape index (κ1) is 22.8. The van der Waals surface area contributed by atoms with Crippen molar-refractivity contribution in [2.45, 2.75) is 32.4 Å². The lowest BCUT2D eigenvalue weighted by molar-refractivity contribution is -0.0493. The third-order valence-electron chi connectivity index (χ3n) is 5.67. The van der Waals surface area contributed by atoms with Crippen molar-refractivity contribution in [3.8, 4) is 17.1 Å². The molecule has 1 aromatic carbocycles. The van der Waals surface area contributed by atoms with E-state index in [2.05, 4.69) is 35.8 Å². The lowest BCUT2D eigenvalue weighted by Crippen LogP contribution is -2.28. The van der Waals surface area contributed by atoms with Crippen LogP contribution in [-0.4, -0.2) is 55.6 Å². The van der Waals surface area contributed by atoms with E-state index in [4.69, 9.17) is 9.47 Å². The van der Waals surface area contributed by atoms with E-state index < -0.39 is 6.61 Å². The highest BCUT2D eigenvalue weighted by Gasteiger charge is 2.18. The second-order valence-electron chi connectivity index (χ2n) is 8.25. The summed E-state index contributed by atoms with van der Waals surface area (Å²) in [7, 11) is 1.76. The Bertz CT molecular complexity index is 1340. The molecule has 35 heavy (non-hydrogen) atoms. The Balaban J connectivity index is 1.48. The number of alkyl halides is 2. The van der Waals surface area contributed by atoms with Crippen molar-refractivity contribution in [2.75, 3.05) is 23.8 Å². The number of halogens is 2. The molecule has 4 aromatic rings. The van der Waals surface area contributed by atoms with Gasteiger partial charge in [0.2, 0.25) is 5.95 Å². The van der Waals surface area contributed by atoms with E-state index >= 15 is 0 Å². The van der Waals surface area contributed by atoms with E-state index in [9.17, 15) is 8.78 Å². The maximum atomic E-state index is 13.2. The van der Waals surface area contributed by atoms with Crippen molar-refractivity contribution in [1.82, 2.24) is 29.7 Å². The molecule has 3 aromatic heterocycles. The predicted molar refractivity (Wildman–Crippen MR) is 126 cm³/mol. The van der Waals surface area contributed by atoms with Crippen LogP contribution in [0.3, 0.4) is 0 Å². The van der Waals surface area contributed by atoms with Crippen molar-refractivity contribution in [2.24, 2.45) is 7.05 Å². The fourth-order valence-electron chi connectivity index (χ4n) is 3.99. The first-order valence-corrected chi connectivity index (χ1v) is 11.1. The van der Waals surface area contributed by atoms with Crippen LogP contribution in [0, 0.1) is 6.92 Å². The van der Waals surface area contributed by atoms with Gasteiger partial charge in [0.05, 0.1) is 5.69 Å². The Morgan fingerprint density at radius 1 is 1.17 bits per heavy atom. The van der Waals surface area contributed by atoms with Gasteiger partial charge < -0.3 is 24.7 Å². The summed E-state index contributed by atoms with van der Waals surface area (Å²) in [6.07, 6.45) is 4.95. The number of nitrogens with zero attached hydrogens (tertiary/aromatic N) is 6. The van der Waals surface area contributed by atoms with Crippen LogP contribution in [0.25, 0.3) is 22.3 Å². The molecule has 0 bridgehead atoms. The van der Waals surface area contributed by atoms with E-state index in [1.165, 1.54) is 12.4 Å². The third kappa shape index (κ3) is 5.11. The molecule has 0 aliphatic carbocycles. The normalized spacial score (nSPS) is 14.4. The highest BCUT2D eigenvalue weighted by molar-refractivity contribution is 5.89. The molecular weight excluding hydrogens is 458 g/mol. The average Bonchev–Trinajstić information content (AvgIpc) is 3.26. The quantitative estimate of drug-likeness (QED) is 0.403. The van der Waals surface area contributed by atoms with Crippen LogP contribution in [0.5, 0.6) is 5.75 Å². The van der Waals surface area contributed by atoms with Crippen LogP contribution < -0.4 is 15.4 Å². The molecule has 12 heteroatoms. The Morgan fingerprint density at radius 3 is 2.74 bits per heavy atom. The Labute approximate surface area is 199 Å². The van der Waals surface area contributed by atoms with Gasteiger partial charge in [0, 0.05) is 49.1 Å². The summed E-state index contributed by atoms with van der Waals surface area (Å²) >= 11 is 0. The summed E-state index contributed by atoms with van der Waals surface area (Å²) in [4.78, 5) is 13.6. The van der Waals surface area contributed by atoms with Gasteiger partial charge in [-0.15, -0.1) is 10.2 Å². The average molecular weight is 482 g/mol. The van der Waals surface area contributed by atoms with Crippen LogP contribution in [0.2, 0.25) is 0 Å². The molecule has 0 unspecified atom stereocenters. The number of nitrogens with one attached hydrogen (secondary N) is 2. The molecule has 0 amide bonds. The van der Waals surface area contributed by atoms with Crippen LogP contribution in [0.1, 0.15) is 18.5 Å². The number of aryl methyl sites for hydroxylation is 2. The van der Waals surface area contributed by atoms with Gasteiger partial charge in [0.1, 0.15) is 17.6 Å². The maximum absolute atomic E-state index is 13.2. The topological polar surface area (TPSA) is 112 Å². The summed E-state index contributed by atoms with van der Waals surface area (Å²) in [6.45, 7) is 0.291. The molecule has 4 heterocycles. The summed E-state index contributed by atoms with van der Waals surface area (Å²) in [5.41, 5.74) is 2.33. The second kappa shape index (κ2) is 9.74.